The topological polar surface area (TPSA) is 12.5 Å². The lowest BCUT2D eigenvalue weighted by molar-refractivity contribution is 0.0751. The molecule has 0 unspecified atom stereocenters. The van der Waals surface area contributed by atoms with E-state index in [1.165, 1.54) is 0 Å². The molecule has 3 heteroatoms. The fraction of sp³-hybridized carbons (Fsp3) is 1.00. The quantitative estimate of drug-likeness (QED) is 0.512. The molecule has 0 amide bonds. The molecule has 0 radical (unpaired) electrons. The zero-order chi connectivity index (χ0) is 6.69. The molecule has 0 spiro atoms. The second-order valence-electron chi connectivity index (χ2n) is 2.41. The molecular weight excluding hydrogens is 133 g/mol. The van der Waals surface area contributed by atoms with Crippen molar-refractivity contribution in [3.8, 4) is 0 Å². The summed E-state index contributed by atoms with van der Waals surface area (Å²) in [5.41, 5.74) is 0. The molecule has 54 valence electrons. The van der Waals surface area contributed by atoms with Crippen molar-refractivity contribution in [2.75, 3.05) is 39.6 Å². The third-order valence-corrected chi connectivity index (χ3v) is 3.08. The molecule has 0 aromatic rings. The average Bonchev–Trinajstić information content (AvgIpc) is 1.90. The summed E-state index contributed by atoms with van der Waals surface area (Å²) < 4.78 is 7.72. The van der Waals surface area contributed by atoms with E-state index >= 15 is 0 Å². The molecule has 1 aliphatic heterocycles. The largest absolute Gasteiger partial charge is 0.379 e. The highest BCUT2D eigenvalue weighted by molar-refractivity contribution is 7.53. The van der Waals surface area contributed by atoms with Gasteiger partial charge in [-0.05, 0) is 21.4 Å². The van der Waals surface area contributed by atoms with E-state index in [1.807, 2.05) is 0 Å². The van der Waals surface area contributed by atoms with Crippen LogP contribution in [0.4, 0.5) is 0 Å². The van der Waals surface area contributed by atoms with Gasteiger partial charge in [0.15, 0.2) is 0 Å². The van der Waals surface area contributed by atoms with Crippen LogP contribution in [-0.2, 0) is 4.74 Å². The summed E-state index contributed by atoms with van der Waals surface area (Å²) in [5, 5.41) is 0. The molecule has 0 N–H and O–H groups in total. The monoisotopic (exact) mass is 147 g/mol. The smallest absolute Gasteiger partial charge is 0.0597 e. The van der Waals surface area contributed by atoms with Crippen LogP contribution in [0.3, 0.4) is 0 Å². The Balaban J connectivity index is 2.23. The van der Waals surface area contributed by atoms with Crippen molar-refractivity contribution in [3.63, 3.8) is 0 Å². The van der Waals surface area contributed by atoms with Crippen LogP contribution in [0.15, 0.2) is 0 Å². The lowest BCUT2D eigenvalue weighted by Crippen LogP contribution is -2.31. The van der Waals surface area contributed by atoms with Gasteiger partial charge in [0, 0.05) is 13.1 Å². The van der Waals surface area contributed by atoms with Crippen LogP contribution in [0.5, 0.6) is 0 Å². The van der Waals surface area contributed by atoms with Crippen LogP contribution in [0.2, 0.25) is 0 Å². The first kappa shape index (κ1) is 7.46. The predicted molar refractivity (Wildman–Crippen MR) is 41.2 cm³/mol. The molecule has 1 fully saturated rings. The van der Waals surface area contributed by atoms with Gasteiger partial charge in [0.1, 0.15) is 0 Å². The highest BCUT2D eigenvalue weighted by atomic mass is 31.1. The number of rotatable bonds is 1. The van der Waals surface area contributed by atoms with Crippen molar-refractivity contribution >= 4 is 8.07 Å². The van der Waals surface area contributed by atoms with Crippen molar-refractivity contribution in [3.05, 3.63) is 0 Å². The fourth-order valence-corrected chi connectivity index (χ4v) is 1.92. The van der Waals surface area contributed by atoms with Gasteiger partial charge in [-0.25, -0.2) is 0 Å². The highest BCUT2D eigenvalue weighted by Crippen LogP contribution is 2.30. The van der Waals surface area contributed by atoms with E-state index in [9.17, 15) is 0 Å². The second-order valence-corrected chi connectivity index (χ2v) is 4.67. The second kappa shape index (κ2) is 3.50. The predicted octanol–water partition coefficient (Wildman–Crippen LogP) is 0.975. The minimum atomic E-state index is 0.135. The molecule has 1 aliphatic rings. The maximum absolute atomic E-state index is 5.22. The molecule has 1 saturated heterocycles. The first-order chi connectivity index (χ1) is 4.30. The number of nitrogens with zero attached hydrogens (tertiary/aromatic N) is 1. The van der Waals surface area contributed by atoms with E-state index in [0.29, 0.717) is 0 Å². The fourth-order valence-electron chi connectivity index (χ4n) is 0.954. The molecule has 2 nitrogen and oxygen atoms in total. The number of hydrogen-bond donors (Lipinski definition) is 0. The van der Waals surface area contributed by atoms with Crippen molar-refractivity contribution in [1.29, 1.82) is 0 Å². The zero-order valence-corrected chi connectivity index (χ0v) is 7.03. The van der Waals surface area contributed by atoms with Crippen LogP contribution in [0.25, 0.3) is 0 Å². The van der Waals surface area contributed by atoms with Crippen LogP contribution in [0.1, 0.15) is 0 Å². The van der Waals surface area contributed by atoms with Gasteiger partial charge >= 0.3 is 0 Å². The number of hydrogen-bond acceptors (Lipinski definition) is 2. The van der Waals surface area contributed by atoms with E-state index in [2.05, 4.69) is 18.0 Å². The van der Waals surface area contributed by atoms with Gasteiger partial charge in [-0.3, -0.25) is 4.67 Å². The Morgan fingerprint density at radius 1 is 1.22 bits per heavy atom. The number of ether oxygens (including phenoxy) is 1. The lowest BCUT2D eigenvalue weighted by atomic mass is 10.5. The molecule has 1 rings (SSSR count). The van der Waals surface area contributed by atoms with E-state index in [4.69, 9.17) is 4.74 Å². The summed E-state index contributed by atoms with van der Waals surface area (Å²) in [6.45, 7) is 8.72. The number of morpholine rings is 1. The molecule has 9 heavy (non-hydrogen) atoms. The Morgan fingerprint density at radius 2 is 1.78 bits per heavy atom. The lowest BCUT2D eigenvalue weighted by Gasteiger charge is -2.29. The molecule has 0 aromatic heterocycles. The Hall–Kier alpha value is 0.350. The van der Waals surface area contributed by atoms with Crippen molar-refractivity contribution in [2.45, 2.75) is 0 Å². The molecule has 0 aliphatic carbocycles. The molecule has 1 heterocycles. The summed E-state index contributed by atoms with van der Waals surface area (Å²) in [5.74, 6) is 0. The average molecular weight is 147 g/mol. The van der Waals surface area contributed by atoms with Crippen LogP contribution < -0.4 is 0 Å². The summed E-state index contributed by atoms with van der Waals surface area (Å²) in [4.78, 5) is 0. The SMILES string of the molecule is CP(C)N1CCOCC1. The third-order valence-electron chi connectivity index (χ3n) is 1.55. The Bertz CT molecular complexity index is 81.1. The van der Waals surface area contributed by atoms with Crippen LogP contribution >= 0.6 is 8.07 Å². The minimum absolute atomic E-state index is 0.135. The van der Waals surface area contributed by atoms with E-state index in [1.54, 1.807) is 0 Å². The highest BCUT2D eigenvalue weighted by Gasteiger charge is 2.11. The maximum Gasteiger partial charge on any atom is 0.0597 e. The first-order valence-corrected chi connectivity index (χ1v) is 5.49. The van der Waals surface area contributed by atoms with Gasteiger partial charge < -0.3 is 4.74 Å². The molecule has 0 aromatic carbocycles. The molecule has 0 saturated carbocycles. The molecule has 0 bridgehead atoms. The van der Waals surface area contributed by atoms with Crippen molar-refractivity contribution in [2.24, 2.45) is 0 Å². The standard InChI is InChI=1S/C6H14NOP/c1-9(2)7-3-5-8-6-4-7/h3-6H2,1-2H3. The normalized spacial score (nSPS) is 23.0. The summed E-state index contributed by atoms with van der Waals surface area (Å²) >= 11 is 0. The summed E-state index contributed by atoms with van der Waals surface area (Å²) in [6.07, 6.45) is 0. The van der Waals surface area contributed by atoms with Gasteiger partial charge in [0.25, 0.3) is 0 Å². The first-order valence-electron chi connectivity index (χ1n) is 3.30. The zero-order valence-electron chi connectivity index (χ0n) is 6.13. The summed E-state index contributed by atoms with van der Waals surface area (Å²) in [6, 6.07) is 0. The van der Waals surface area contributed by atoms with E-state index in [-0.39, 0.29) is 8.07 Å². The van der Waals surface area contributed by atoms with Gasteiger partial charge in [0.2, 0.25) is 0 Å². The Morgan fingerprint density at radius 3 is 2.11 bits per heavy atom. The van der Waals surface area contributed by atoms with E-state index in [0.717, 1.165) is 26.3 Å². The van der Waals surface area contributed by atoms with Crippen LogP contribution in [-0.4, -0.2) is 44.3 Å². The van der Waals surface area contributed by atoms with Crippen LogP contribution in [0, 0.1) is 0 Å². The third kappa shape index (κ3) is 2.21. The maximum atomic E-state index is 5.22. The van der Waals surface area contributed by atoms with Gasteiger partial charge in [-0.15, -0.1) is 0 Å². The van der Waals surface area contributed by atoms with Gasteiger partial charge in [0.05, 0.1) is 13.2 Å². The van der Waals surface area contributed by atoms with Crippen molar-refractivity contribution in [1.82, 2.24) is 4.67 Å². The minimum Gasteiger partial charge on any atom is -0.379 e. The van der Waals surface area contributed by atoms with Gasteiger partial charge in [-0.2, -0.15) is 0 Å². The Labute approximate surface area is 58.0 Å². The Kier molecular flexibility index (Phi) is 2.90. The molecule has 0 atom stereocenters. The molecular formula is C6H14NOP. The summed E-state index contributed by atoms with van der Waals surface area (Å²) in [7, 11) is 0.135. The van der Waals surface area contributed by atoms with E-state index < -0.39 is 0 Å². The van der Waals surface area contributed by atoms with Crippen molar-refractivity contribution < 1.29 is 4.74 Å². The van der Waals surface area contributed by atoms with Gasteiger partial charge in [-0.1, -0.05) is 0 Å².